The van der Waals surface area contributed by atoms with Gasteiger partial charge in [-0.25, -0.2) is 4.98 Å². The van der Waals surface area contributed by atoms with Crippen molar-refractivity contribution in [3.8, 4) is 0 Å². The van der Waals surface area contributed by atoms with Crippen LogP contribution in [-0.2, 0) is 0 Å². The average molecular weight is 345 g/mol. The van der Waals surface area contributed by atoms with Gasteiger partial charge in [-0.05, 0) is 49.7 Å². The largest absolute Gasteiger partial charge is 0.357 e. The number of amides is 1. The van der Waals surface area contributed by atoms with Gasteiger partial charge >= 0.3 is 0 Å². The Morgan fingerprint density at radius 2 is 1.96 bits per heavy atom. The molecule has 1 saturated heterocycles. The second-order valence-corrected chi connectivity index (χ2v) is 7.79. The first-order valence-electron chi connectivity index (χ1n) is 9.89. The molecule has 3 N–H and O–H groups in total. The topological polar surface area (TPSA) is 71.2 Å². The molecule has 5 heteroatoms. The lowest BCUT2D eigenvalue weighted by Gasteiger charge is -2.31. The number of pyridine rings is 1. The van der Waals surface area contributed by atoms with Gasteiger partial charge in [0.2, 0.25) is 0 Å². The van der Waals surface area contributed by atoms with E-state index in [2.05, 4.69) is 22.1 Å². The lowest BCUT2D eigenvalue weighted by atomic mass is 9.84. The summed E-state index contributed by atoms with van der Waals surface area (Å²) < 4.78 is 0. The van der Waals surface area contributed by atoms with Crippen LogP contribution in [0.2, 0.25) is 0 Å². The van der Waals surface area contributed by atoms with Crippen LogP contribution in [-0.4, -0.2) is 36.6 Å². The van der Waals surface area contributed by atoms with E-state index in [9.17, 15) is 4.79 Å². The second-order valence-electron chi connectivity index (χ2n) is 7.79. The molecule has 2 aliphatic rings. The van der Waals surface area contributed by atoms with Crippen LogP contribution >= 0.6 is 0 Å². The maximum absolute atomic E-state index is 12.6. The molecule has 1 aromatic rings. The van der Waals surface area contributed by atoms with Crippen LogP contribution in [0, 0.1) is 11.8 Å². The predicted molar refractivity (Wildman–Crippen MR) is 102 cm³/mol. The van der Waals surface area contributed by atoms with Crippen molar-refractivity contribution in [1.29, 1.82) is 0 Å². The van der Waals surface area contributed by atoms with Crippen molar-refractivity contribution in [2.75, 3.05) is 24.5 Å². The number of rotatable bonds is 5. The van der Waals surface area contributed by atoms with Gasteiger partial charge in [0.25, 0.3) is 5.91 Å². The third-order valence-electron chi connectivity index (χ3n) is 5.91. The quantitative estimate of drug-likeness (QED) is 0.861. The minimum atomic E-state index is -0.0488. The third kappa shape index (κ3) is 4.72. The van der Waals surface area contributed by atoms with E-state index in [0.29, 0.717) is 18.0 Å². The van der Waals surface area contributed by atoms with Crippen molar-refractivity contribution in [3.63, 3.8) is 0 Å². The number of hydrogen-bond acceptors (Lipinski definition) is 4. The van der Waals surface area contributed by atoms with Crippen molar-refractivity contribution in [3.05, 3.63) is 23.9 Å². The van der Waals surface area contributed by atoms with Gasteiger partial charge in [0.15, 0.2) is 0 Å². The SMILES string of the molecule is CC1CCN(c2ccc(C(=O)NC(CN)C3CCCCC3)cn2)CC1. The summed E-state index contributed by atoms with van der Waals surface area (Å²) in [5.74, 6) is 2.25. The number of anilines is 1. The highest BCUT2D eigenvalue weighted by molar-refractivity contribution is 5.94. The summed E-state index contributed by atoms with van der Waals surface area (Å²) in [6, 6.07) is 3.95. The van der Waals surface area contributed by atoms with E-state index in [0.717, 1.165) is 24.8 Å². The Labute approximate surface area is 151 Å². The van der Waals surface area contributed by atoms with Gasteiger partial charge in [-0.1, -0.05) is 26.2 Å². The van der Waals surface area contributed by atoms with Crippen molar-refractivity contribution < 1.29 is 4.79 Å². The van der Waals surface area contributed by atoms with Crippen LogP contribution in [0.1, 0.15) is 62.2 Å². The lowest BCUT2D eigenvalue weighted by molar-refractivity contribution is 0.0915. The summed E-state index contributed by atoms with van der Waals surface area (Å²) in [6.45, 7) is 4.92. The van der Waals surface area contributed by atoms with Crippen LogP contribution in [0.25, 0.3) is 0 Å². The molecule has 1 aromatic heterocycles. The first-order valence-corrected chi connectivity index (χ1v) is 9.89. The van der Waals surface area contributed by atoms with Crippen molar-refractivity contribution in [2.45, 2.75) is 57.9 Å². The summed E-state index contributed by atoms with van der Waals surface area (Å²) >= 11 is 0. The Bertz CT molecular complexity index is 545. The van der Waals surface area contributed by atoms with E-state index >= 15 is 0 Å². The highest BCUT2D eigenvalue weighted by Gasteiger charge is 2.24. The predicted octanol–water partition coefficient (Wildman–Crippen LogP) is 2.96. The zero-order chi connectivity index (χ0) is 17.6. The molecule has 1 unspecified atom stereocenters. The van der Waals surface area contributed by atoms with Crippen LogP contribution < -0.4 is 16.0 Å². The number of carbonyl (C=O) groups is 1. The van der Waals surface area contributed by atoms with Crippen LogP contribution in [0.3, 0.4) is 0 Å². The highest BCUT2D eigenvalue weighted by Crippen LogP contribution is 2.26. The van der Waals surface area contributed by atoms with Crippen molar-refractivity contribution in [2.24, 2.45) is 17.6 Å². The van der Waals surface area contributed by atoms with E-state index in [4.69, 9.17) is 5.73 Å². The van der Waals surface area contributed by atoms with E-state index in [1.54, 1.807) is 6.20 Å². The first kappa shape index (κ1) is 18.2. The molecule has 1 amide bonds. The Morgan fingerprint density at radius 1 is 1.24 bits per heavy atom. The summed E-state index contributed by atoms with van der Waals surface area (Å²) in [4.78, 5) is 19.4. The molecule has 1 aliphatic carbocycles. The molecule has 3 rings (SSSR count). The second kappa shape index (κ2) is 8.65. The number of nitrogens with one attached hydrogen (secondary N) is 1. The molecule has 0 bridgehead atoms. The maximum Gasteiger partial charge on any atom is 0.253 e. The molecule has 0 spiro atoms. The Hall–Kier alpha value is -1.62. The third-order valence-corrected chi connectivity index (χ3v) is 5.91. The van der Waals surface area contributed by atoms with Crippen molar-refractivity contribution in [1.82, 2.24) is 10.3 Å². The summed E-state index contributed by atoms with van der Waals surface area (Å²) in [7, 11) is 0. The molecule has 1 aliphatic heterocycles. The normalized spacial score (nSPS) is 21.1. The molecule has 1 atom stereocenters. The van der Waals surface area contributed by atoms with Gasteiger partial charge < -0.3 is 16.0 Å². The summed E-state index contributed by atoms with van der Waals surface area (Å²) in [5.41, 5.74) is 6.55. The van der Waals surface area contributed by atoms with Crippen LogP contribution in [0.5, 0.6) is 0 Å². The molecule has 5 nitrogen and oxygen atoms in total. The highest BCUT2D eigenvalue weighted by atomic mass is 16.1. The smallest absolute Gasteiger partial charge is 0.253 e. The van der Waals surface area contributed by atoms with Crippen LogP contribution in [0.4, 0.5) is 5.82 Å². The van der Waals surface area contributed by atoms with Gasteiger partial charge in [0.05, 0.1) is 5.56 Å². The molecule has 0 aromatic carbocycles. The van der Waals surface area contributed by atoms with Crippen molar-refractivity contribution >= 4 is 11.7 Å². The van der Waals surface area contributed by atoms with Gasteiger partial charge in [0.1, 0.15) is 5.82 Å². The molecule has 138 valence electrons. The minimum absolute atomic E-state index is 0.0488. The number of nitrogens with two attached hydrogens (primary N) is 1. The zero-order valence-electron chi connectivity index (χ0n) is 15.4. The fourth-order valence-electron chi connectivity index (χ4n) is 4.10. The maximum atomic E-state index is 12.6. The number of hydrogen-bond donors (Lipinski definition) is 2. The molecule has 2 heterocycles. The first-order chi connectivity index (χ1) is 12.2. The zero-order valence-corrected chi connectivity index (χ0v) is 15.4. The number of carbonyl (C=O) groups excluding carboxylic acids is 1. The van der Waals surface area contributed by atoms with E-state index < -0.39 is 0 Å². The lowest BCUT2D eigenvalue weighted by Crippen LogP contribution is -2.46. The molecule has 1 saturated carbocycles. The van der Waals surface area contributed by atoms with E-state index in [1.807, 2.05) is 12.1 Å². The van der Waals surface area contributed by atoms with Gasteiger partial charge in [-0.3, -0.25) is 4.79 Å². The number of nitrogens with zero attached hydrogens (tertiary/aromatic N) is 2. The fourth-order valence-corrected chi connectivity index (χ4v) is 4.10. The summed E-state index contributed by atoms with van der Waals surface area (Å²) in [5, 5.41) is 3.14. The van der Waals surface area contributed by atoms with Gasteiger partial charge in [-0.2, -0.15) is 0 Å². The molecule has 0 radical (unpaired) electrons. The fraction of sp³-hybridized carbons (Fsp3) is 0.700. The molecular formula is C20H32N4O. The molecular weight excluding hydrogens is 312 g/mol. The Morgan fingerprint density at radius 3 is 2.56 bits per heavy atom. The van der Waals surface area contributed by atoms with E-state index in [-0.39, 0.29) is 11.9 Å². The Kier molecular flexibility index (Phi) is 6.29. The molecule has 2 fully saturated rings. The number of piperidine rings is 1. The Balaban J connectivity index is 1.58. The standard InChI is InChI=1S/C20H32N4O/c1-15-9-11-24(12-10-15)19-8-7-17(14-22-19)20(25)23-18(13-21)16-5-3-2-4-6-16/h7-8,14-16,18H,2-6,9-13,21H2,1H3,(H,23,25). The number of aromatic nitrogens is 1. The van der Waals surface area contributed by atoms with Gasteiger partial charge in [0, 0.05) is 31.9 Å². The molecule has 25 heavy (non-hydrogen) atoms. The van der Waals surface area contributed by atoms with Gasteiger partial charge in [-0.15, -0.1) is 0 Å². The van der Waals surface area contributed by atoms with Crippen LogP contribution in [0.15, 0.2) is 18.3 Å². The average Bonchev–Trinajstić information content (AvgIpc) is 2.67. The monoisotopic (exact) mass is 344 g/mol. The summed E-state index contributed by atoms with van der Waals surface area (Å²) in [6.07, 6.45) is 10.3. The minimum Gasteiger partial charge on any atom is -0.357 e. The van der Waals surface area contributed by atoms with E-state index in [1.165, 1.54) is 44.9 Å².